The molecule has 0 saturated heterocycles. The van der Waals surface area contributed by atoms with E-state index in [4.69, 9.17) is 14.2 Å². The van der Waals surface area contributed by atoms with Crippen molar-refractivity contribution in [3.8, 4) is 11.5 Å². The van der Waals surface area contributed by atoms with Gasteiger partial charge in [-0.25, -0.2) is 0 Å². The van der Waals surface area contributed by atoms with Crippen LogP contribution in [0, 0.1) is 13.8 Å². The predicted octanol–water partition coefficient (Wildman–Crippen LogP) is 3.18. The van der Waals surface area contributed by atoms with Gasteiger partial charge in [-0.15, -0.1) is 0 Å². The maximum absolute atomic E-state index is 12.7. The largest absolute Gasteiger partial charge is 0.495 e. The lowest BCUT2D eigenvalue weighted by Crippen LogP contribution is -2.23. The zero-order chi connectivity index (χ0) is 21.8. The number of benzene rings is 2. The maximum Gasteiger partial charge on any atom is 0.325 e. The van der Waals surface area contributed by atoms with E-state index >= 15 is 0 Å². The summed E-state index contributed by atoms with van der Waals surface area (Å²) in [5.41, 5.74) is 3.81. The van der Waals surface area contributed by atoms with Crippen LogP contribution in [-0.2, 0) is 27.3 Å². The molecule has 30 heavy (non-hydrogen) atoms. The number of nitrogens with zero attached hydrogens (tertiary/aromatic N) is 2. The molecule has 3 aromatic rings. The first kappa shape index (κ1) is 21.6. The van der Waals surface area contributed by atoms with Crippen LogP contribution in [0.3, 0.4) is 0 Å². The molecular formula is C22H24N2O5S. The van der Waals surface area contributed by atoms with Gasteiger partial charge < -0.3 is 18.8 Å². The Hall–Kier alpha value is -3.13. The summed E-state index contributed by atoms with van der Waals surface area (Å²) >= 11 is 1.26. The van der Waals surface area contributed by atoms with Crippen LogP contribution in [-0.4, -0.2) is 37.8 Å². The summed E-state index contributed by atoms with van der Waals surface area (Å²) in [4.78, 5) is 29.4. The van der Waals surface area contributed by atoms with Crippen LogP contribution in [0.1, 0.15) is 16.7 Å². The number of aryl methyl sites for hydroxylation is 2. The van der Waals surface area contributed by atoms with E-state index in [1.807, 2.05) is 32.0 Å². The van der Waals surface area contributed by atoms with Crippen LogP contribution in [0.4, 0.5) is 0 Å². The normalized spacial score (nSPS) is 11.6. The van der Waals surface area contributed by atoms with Crippen molar-refractivity contribution in [3.05, 3.63) is 51.8 Å². The molecule has 0 bridgehead atoms. The summed E-state index contributed by atoms with van der Waals surface area (Å²) < 4.78 is 18.1. The highest BCUT2D eigenvalue weighted by Crippen LogP contribution is 2.35. The number of ether oxygens (including phenoxy) is 3. The molecule has 0 atom stereocenters. The first-order valence-corrected chi connectivity index (χ1v) is 10.1. The van der Waals surface area contributed by atoms with Crippen molar-refractivity contribution in [3.63, 3.8) is 0 Å². The lowest BCUT2D eigenvalue weighted by molar-refractivity contribution is -0.141. The molecule has 1 heterocycles. The summed E-state index contributed by atoms with van der Waals surface area (Å²) in [6.45, 7) is 3.93. The van der Waals surface area contributed by atoms with Crippen molar-refractivity contribution >= 4 is 33.4 Å². The Morgan fingerprint density at radius 2 is 1.70 bits per heavy atom. The second kappa shape index (κ2) is 9.13. The predicted molar refractivity (Wildman–Crippen MR) is 115 cm³/mol. The number of rotatable bonds is 6. The van der Waals surface area contributed by atoms with Crippen molar-refractivity contribution < 1.29 is 23.8 Å². The molecule has 0 aliphatic heterocycles. The fourth-order valence-corrected chi connectivity index (χ4v) is 4.27. The second-order valence-electron chi connectivity index (χ2n) is 6.80. The summed E-state index contributed by atoms with van der Waals surface area (Å²) in [6, 6.07) is 9.44. The number of hydrogen-bond acceptors (Lipinski definition) is 6. The highest BCUT2D eigenvalue weighted by molar-refractivity contribution is 7.16. The van der Waals surface area contributed by atoms with Gasteiger partial charge in [0.05, 0.1) is 27.8 Å². The number of carbonyl (C=O) groups is 2. The highest BCUT2D eigenvalue weighted by atomic mass is 32.1. The molecule has 2 aromatic carbocycles. The van der Waals surface area contributed by atoms with Crippen LogP contribution in [0.25, 0.3) is 10.2 Å². The zero-order valence-corrected chi connectivity index (χ0v) is 18.5. The lowest BCUT2D eigenvalue weighted by Gasteiger charge is -2.09. The van der Waals surface area contributed by atoms with Crippen LogP contribution >= 0.6 is 11.3 Å². The fourth-order valence-electron chi connectivity index (χ4n) is 3.11. The van der Waals surface area contributed by atoms with E-state index < -0.39 is 5.97 Å². The Balaban J connectivity index is 2.12. The Morgan fingerprint density at radius 3 is 2.33 bits per heavy atom. The van der Waals surface area contributed by atoms with Gasteiger partial charge in [0.1, 0.15) is 28.3 Å². The molecule has 3 rings (SSSR count). The number of methoxy groups -OCH3 is 3. The second-order valence-corrected chi connectivity index (χ2v) is 7.77. The average molecular weight is 429 g/mol. The monoisotopic (exact) mass is 428 g/mol. The third-order valence-corrected chi connectivity index (χ3v) is 5.95. The zero-order valence-electron chi connectivity index (χ0n) is 17.6. The van der Waals surface area contributed by atoms with Gasteiger partial charge in [0.15, 0.2) is 4.80 Å². The molecule has 8 heteroatoms. The van der Waals surface area contributed by atoms with E-state index in [-0.39, 0.29) is 18.9 Å². The fraction of sp³-hybridized carbons (Fsp3) is 0.318. The number of amides is 1. The van der Waals surface area contributed by atoms with Gasteiger partial charge in [-0.3, -0.25) is 9.59 Å². The number of hydrogen-bond donors (Lipinski definition) is 0. The minimum Gasteiger partial charge on any atom is -0.495 e. The Morgan fingerprint density at radius 1 is 1.00 bits per heavy atom. The van der Waals surface area contributed by atoms with Crippen LogP contribution < -0.4 is 14.3 Å². The molecule has 7 nitrogen and oxygen atoms in total. The van der Waals surface area contributed by atoms with E-state index in [1.165, 1.54) is 24.0 Å². The molecule has 0 radical (unpaired) electrons. The minimum atomic E-state index is -0.456. The lowest BCUT2D eigenvalue weighted by atomic mass is 10.0. The molecule has 158 valence electrons. The van der Waals surface area contributed by atoms with Crippen molar-refractivity contribution in [2.75, 3.05) is 21.3 Å². The third-order valence-electron chi connectivity index (χ3n) is 4.85. The number of carbonyl (C=O) groups excluding carboxylic acids is 2. The molecule has 1 aromatic heterocycles. The summed E-state index contributed by atoms with van der Waals surface area (Å²) in [5.74, 6) is 0.399. The van der Waals surface area contributed by atoms with Gasteiger partial charge in [0, 0.05) is 0 Å². The van der Waals surface area contributed by atoms with Crippen LogP contribution in [0.15, 0.2) is 35.3 Å². The van der Waals surface area contributed by atoms with Crippen LogP contribution in [0.5, 0.6) is 11.5 Å². The van der Waals surface area contributed by atoms with Crippen molar-refractivity contribution in [2.45, 2.75) is 26.8 Å². The van der Waals surface area contributed by atoms with E-state index in [1.54, 1.807) is 30.9 Å². The van der Waals surface area contributed by atoms with Gasteiger partial charge in [0.2, 0.25) is 0 Å². The van der Waals surface area contributed by atoms with E-state index in [0.717, 1.165) is 15.8 Å². The topological polar surface area (TPSA) is 79.1 Å². The molecule has 0 saturated carbocycles. The molecule has 0 spiro atoms. The first-order valence-electron chi connectivity index (χ1n) is 9.32. The van der Waals surface area contributed by atoms with Gasteiger partial charge in [-0.1, -0.05) is 29.5 Å². The quantitative estimate of drug-likeness (QED) is 0.564. The Labute approximate surface area is 178 Å². The third kappa shape index (κ3) is 4.38. The number of thiazole rings is 1. The van der Waals surface area contributed by atoms with Gasteiger partial charge in [-0.2, -0.15) is 4.99 Å². The molecule has 0 aliphatic rings. The number of aromatic nitrogens is 1. The van der Waals surface area contributed by atoms with Gasteiger partial charge >= 0.3 is 5.97 Å². The van der Waals surface area contributed by atoms with E-state index in [9.17, 15) is 9.59 Å². The van der Waals surface area contributed by atoms with Crippen molar-refractivity contribution in [2.24, 2.45) is 4.99 Å². The van der Waals surface area contributed by atoms with Crippen molar-refractivity contribution in [1.82, 2.24) is 4.57 Å². The molecule has 0 unspecified atom stereocenters. The molecule has 0 aliphatic carbocycles. The first-order chi connectivity index (χ1) is 14.4. The Kier molecular flexibility index (Phi) is 6.56. The molecule has 0 N–H and O–H groups in total. The Bertz CT molecular complexity index is 1180. The van der Waals surface area contributed by atoms with E-state index in [0.29, 0.717) is 21.8 Å². The molecular weight excluding hydrogens is 404 g/mol. The van der Waals surface area contributed by atoms with Crippen LogP contribution in [0.2, 0.25) is 0 Å². The summed E-state index contributed by atoms with van der Waals surface area (Å²) in [7, 11) is 4.42. The molecule has 0 fully saturated rings. The molecule has 1 amide bonds. The highest BCUT2D eigenvalue weighted by Gasteiger charge is 2.18. The SMILES string of the molecule is COC(=O)Cn1c(=NC(=O)Cc2ccc(C)c(C)c2)sc2c(OC)ccc(OC)c21. The average Bonchev–Trinajstić information content (AvgIpc) is 3.07. The standard InChI is InChI=1S/C22H24N2O5S/c1-13-6-7-15(10-14(13)2)11-18(25)23-22-24(12-19(26)29-5)20-16(27-3)8-9-17(28-4)21(20)30-22/h6-10H,11-12H2,1-5H3. The van der Waals surface area contributed by atoms with Gasteiger partial charge in [0.25, 0.3) is 5.91 Å². The minimum absolute atomic E-state index is 0.101. The maximum atomic E-state index is 12.7. The summed E-state index contributed by atoms with van der Waals surface area (Å²) in [5, 5.41) is 0. The smallest absolute Gasteiger partial charge is 0.325 e. The van der Waals surface area contributed by atoms with E-state index in [2.05, 4.69) is 4.99 Å². The summed E-state index contributed by atoms with van der Waals surface area (Å²) in [6.07, 6.45) is 0.169. The number of esters is 1. The van der Waals surface area contributed by atoms with Crippen molar-refractivity contribution in [1.29, 1.82) is 0 Å². The van der Waals surface area contributed by atoms with Gasteiger partial charge in [-0.05, 0) is 42.7 Å². The number of fused-ring (bicyclic) bond motifs is 1.